The predicted molar refractivity (Wildman–Crippen MR) is 65.9 cm³/mol. The number of carbonyl (C=O) groups excluding carboxylic acids is 1. The zero-order valence-electron chi connectivity index (χ0n) is 10.8. The summed E-state index contributed by atoms with van der Waals surface area (Å²) in [6, 6.07) is 0.0408. The van der Waals surface area contributed by atoms with Crippen LogP contribution in [-0.2, 0) is 14.3 Å². The molecule has 1 amide bonds. The minimum atomic E-state index is -0.0595. The number of piperidine rings is 1. The third kappa shape index (κ3) is 6.61. The van der Waals surface area contributed by atoms with Crippen LogP contribution in [0.5, 0.6) is 0 Å². The lowest BCUT2D eigenvalue weighted by Gasteiger charge is -2.23. The van der Waals surface area contributed by atoms with Gasteiger partial charge in [-0.2, -0.15) is 0 Å². The Bertz CT molecular complexity index is 218. The number of carbonyl (C=O) groups is 1. The summed E-state index contributed by atoms with van der Waals surface area (Å²) in [5.41, 5.74) is 0. The van der Waals surface area contributed by atoms with E-state index in [0.717, 1.165) is 25.9 Å². The van der Waals surface area contributed by atoms with E-state index < -0.39 is 0 Å². The molecule has 1 saturated heterocycles. The molecule has 0 aromatic heterocycles. The molecule has 1 fully saturated rings. The highest BCUT2D eigenvalue weighted by Crippen LogP contribution is 2.06. The molecule has 2 N–H and O–H groups in total. The fourth-order valence-corrected chi connectivity index (χ4v) is 1.81. The first kappa shape index (κ1) is 14.4. The maximum Gasteiger partial charge on any atom is 0.246 e. The first-order valence-electron chi connectivity index (χ1n) is 6.41. The molecule has 17 heavy (non-hydrogen) atoms. The fraction of sp³-hybridized carbons (Fsp3) is 0.917. The van der Waals surface area contributed by atoms with E-state index in [-0.39, 0.29) is 24.7 Å². The quantitative estimate of drug-likeness (QED) is 0.676. The molecule has 1 unspecified atom stereocenters. The summed E-state index contributed by atoms with van der Waals surface area (Å²) in [5.74, 6) is -0.0595. The lowest BCUT2D eigenvalue weighted by atomic mass is 10.1. The predicted octanol–water partition coefficient (Wildman–Crippen LogP) is 0.296. The van der Waals surface area contributed by atoms with Crippen molar-refractivity contribution in [2.24, 2.45) is 0 Å². The van der Waals surface area contributed by atoms with Gasteiger partial charge in [-0.05, 0) is 39.8 Å². The van der Waals surface area contributed by atoms with Gasteiger partial charge in [-0.25, -0.2) is 0 Å². The van der Waals surface area contributed by atoms with Crippen molar-refractivity contribution in [2.75, 3.05) is 32.9 Å². The van der Waals surface area contributed by atoms with Crippen molar-refractivity contribution in [3.8, 4) is 0 Å². The van der Waals surface area contributed by atoms with Gasteiger partial charge in [0.25, 0.3) is 0 Å². The van der Waals surface area contributed by atoms with E-state index in [1.165, 1.54) is 0 Å². The summed E-state index contributed by atoms with van der Waals surface area (Å²) < 4.78 is 10.8. The van der Waals surface area contributed by atoms with E-state index in [2.05, 4.69) is 10.6 Å². The van der Waals surface area contributed by atoms with Gasteiger partial charge in [0.1, 0.15) is 6.61 Å². The van der Waals surface area contributed by atoms with Crippen molar-refractivity contribution < 1.29 is 14.3 Å². The second-order valence-corrected chi connectivity index (χ2v) is 4.39. The minimum absolute atomic E-state index is 0.0408. The van der Waals surface area contributed by atoms with E-state index in [0.29, 0.717) is 13.2 Å². The maximum absolute atomic E-state index is 11.6. The SMILES string of the molecule is CCOCC(C)NC(=O)COC1CCNCC1. The van der Waals surface area contributed by atoms with E-state index in [4.69, 9.17) is 9.47 Å². The van der Waals surface area contributed by atoms with Gasteiger partial charge in [0.05, 0.1) is 12.7 Å². The van der Waals surface area contributed by atoms with Crippen LogP contribution in [-0.4, -0.2) is 51.0 Å². The molecule has 0 bridgehead atoms. The number of nitrogens with one attached hydrogen (secondary N) is 2. The number of hydrogen-bond donors (Lipinski definition) is 2. The van der Waals surface area contributed by atoms with E-state index in [1.54, 1.807) is 0 Å². The van der Waals surface area contributed by atoms with Crippen molar-refractivity contribution in [1.82, 2.24) is 10.6 Å². The van der Waals surface area contributed by atoms with Gasteiger partial charge in [-0.3, -0.25) is 4.79 Å². The zero-order chi connectivity index (χ0) is 12.5. The molecule has 1 atom stereocenters. The van der Waals surface area contributed by atoms with E-state index in [1.807, 2.05) is 13.8 Å². The Hall–Kier alpha value is -0.650. The molecule has 5 nitrogen and oxygen atoms in total. The van der Waals surface area contributed by atoms with E-state index >= 15 is 0 Å². The van der Waals surface area contributed by atoms with Crippen LogP contribution in [0.1, 0.15) is 26.7 Å². The van der Waals surface area contributed by atoms with E-state index in [9.17, 15) is 4.79 Å². The summed E-state index contributed by atoms with van der Waals surface area (Å²) in [7, 11) is 0. The van der Waals surface area contributed by atoms with Crippen molar-refractivity contribution >= 4 is 5.91 Å². The molecule has 1 rings (SSSR count). The summed E-state index contributed by atoms with van der Waals surface area (Å²) in [6.07, 6.45) is 2.20. The lowest BCUT2D eigenvalue weighted by molar-refractivity contribution is -0.129. The molecule has 5 heteroatoms. The second kappa shape index (κ2) is 8.44. The molecule has 0 aromatic rings. The molecule has 1 aliphatic heterocycles. The summed E-state index contributed by atoms with van der Waals surface area (Å²) in [6.45, 7) is 7.20. The third-order valence-electron chi connectivity index (χ3n) is 2.72. The zero-order valence-corrected chi connectivity index (χ0v) is 10.8. The van der Waals surface area contributed by atoms with Gasteiger partial charge in [0.15, 0.2) is 0 Å². The summed E-state index contributed by atoms with van der Waals surface area (Å²) >= 11 is 0. The van der Waals surface area contributed by atoms with Gasteiger partial charge in [-0.15, -0.1) is 0 Å². The van der Waals surface area contributed by atoms with Crippen molar-refractivity contribution in [3.05, 3.63) is 0 Å². The Morgan fingerprint density at radius 1 is 1.47 bits per heavy atom. The van der Waals surface area contributed by atoms with Crippen LogP contribution < -0.4 is 10.6 Å². The molecule has 0 spiro atoms. The highest BCUT2D eigenvalue weighted by molar-refractivity contribution is 5.77. The Kier molecular flexibility index (Phi) is 7.16. The average molecular weight is 244 g/mol. The molecule has 1 aliphatic rings. The van der Waals surface area contributed by atoms with Crippen molar-refractivity contribution in [3.63, 3.8) is 0 Å². The Labute approximate surface area is 103 Å². The van der Waals surface area contributed by atoms with Crippen LogP contribution in [0.25, 0.3) is 0 Å². The highest BCUT2D eigenvalue weighted by atomic mass is 16.5. The lowest BCUT2D eigenvalue weighted by Crippen LogP contribution is -2.40. The van der Waals surface area contributed by atoms with Gasteiger partial charge >= 0.3 is 0 Å². The summed E-state index contributed by atoms with van der Waals surface area (Å²) in [4.78, 5) is 11.6. The number of amides is 1. The van der Waals surface area contributed by atoms with Gasteiger partial charge in [0.2, 0.25) is 5.91 Å². The minimum Gasteiger partial charge on any atom is -0.380 e. The molecule has 1 heterocycles. The Balaban J connectivity index is 2.07. The summed E-state index contributed by atoms with van der Waals surface area (Å²) in [5, 5.41) is 6.11. The standard InChI is InChI=1S/C12H24N2O3/c1-3-16-8-10(2)14-12(15)9-17-11-4-6-13-7-5-11/h10-11,13H,3-9H2,1-2H3,(H,14,15). The van der Waals surface area contributed by atoms with Crippen molar-refractivity contribution in [2.45, 2.75) is 38.8 Å². The topological polar surface area (TPSA) is 59.6 Å². The number of hydrogen-bond acceptors (Lipinski definition) is 4. The average Bonchev–Trinajstić information content (AvgIpc) is 2.35. The number of rotatable bonds is 7. The van der Waals surface area contributed by atoms with Gasteiger partial charge < -0.3 is 20.1 Å². The van der Waals surface area contributed by atoms with Crippen LogP contribution >= 0.6 is 0 Å². The third-order valence-corrected chi connectivity index (χ3v) is 2.72. The molecular formula is C12H24N2O3. The van der Waals surface area contributed by atoms with Crippen LogP contribution in [0.15, 0.2) is 0 Å². The fourth-order valence-electron chi connectivity index (χ4n) is 1.81. The molecule has 0 saturated carbocycles. The number of ether oxygens (including phenoxy) is 2. The molecule has 0 aromatic carbocycles. The smallest absolute Gasteiger partial charge is 0.246 e. The van der Waals surface area contributed by atoms with Gasteiger partial charge in [-0.1, -0.05) is 0 Å². The van der Waals surface area contributed by atoms with Crippen LogP contribution in [0, 0.1) is 0 Å². The molecule has 0 aliphatic carbocycles. The molecule has 100 valence electrons. The Morgan fingerprint density at radius 3 is 2.82 bits per heavy atom. The largest absolute Gasteiger partial charge is 0.380 e. The van der Waals surface area contributed by atoms with Crippen LogP contribution in [0.2, 0.25) is 0 Å². The van der Waals surface area contributed by atoms with Crippen molar-refractivity contribution in [1.29, 1.82) is 0 Å². The van der Waals surface area contributed by atoms with Gasteiger partial charge in [0, 0.05) is 12.6 Å². The second-order valence-electron chi connectivity index (χ2n) is 4.39. The maximum atomic E-state index is 11.6. The van der Waals surface area contributed by atoms with Crippen LogP contribution in [0.3, 0.4) is 0 Å². The normalized spacial score (nSPS) is 18.9. The Morgan fingerprint density at radius 2 is 2.18 bits per heavy atom. The monoisotopic (exact) mass is 244 g/mol. The first-order valence-corrected chi connectivity index (χ1v) is 6.41. The first-order chi connectivity index (χ1) is 8.22. The van der Waals surface area contributed by atoms with Crippen LogP contribution in [0.4, 0.5) is 0 Å². The highest BCUT2D eigenvalue weighted by Gasteiger charge is 2.15. The molecular weight excluding hydrogens is 220 g/mol. The molecule has 0 radical (unpaired) electrons.